The zero-order chi connectivity index (χ0) is 28.1. The van der Waals surface area contributed by atoms with Gasteiger partial charge in [-0.25, -0.2) is 4.39 Å². The summed E-state index contributed by atoms with van der Waals surface area (Å²) in [4.78, 5) is 34.2. The van der Waals surface area contributed by atoms with Gasteiger partial charge in [-0.05, 0) is 55.9 Å². The molecule has 1 aromatic heterocycles. The monoisotopic (exact) mass is 554 g/mol. The van der Waals surface area contributed by atoms with Gasteiger partial charge in [0.15, 0.2) is 5.75 Å². The van der Waals surface area contributed by atoms with Crippen LogP contribution in [0.3, 0.4) is 0 Å². The highest BCUT2D eigenvalue weighted by Gasteiger charge is 2.34. The van der Waals surface area contributed by atoms with Crippen LogP contribution < -0.4 is 10.1 Å². The Morgan fingerprint density at radius 1 is 1.28 bits per heavy atom. The molecule has 1 aliphatic rings. The summed E-state index contributed by atoms with van der Waals surface area (Å²) in [6.45, 7) is 4.85. The Bertz CT molecular complexity index is 1330. The number of hydrogen-bond acceptors (Lipinski definition) is 6. The normalized spacial score (nSPS) is 18.1. The summed E-state index contributed by atoms with van der Waals surface area (Å²) >= 11 is 6.26. The number of nitrogens with one attached hydrogen (secondary N) is 1. The number of carbonyl (C=O) groups excluding carboxylic acids is 2. The van der Waals surface area contributed by atoms with E-state index in [1.165, 1.54) is 24.5 Å². The number of benzene rings is 2. The molecule has 0 saturated heterocycles. The minimum Gasteiger partial charge on any atom is -0.486 e. The van der Waals surface area contributed by atoms with Crippen molar-refractivity contribution >= 4 is 29.1 Å². The lowest BCUT2D eigenvalue weighted by atomic mass is 9.98. The van der Waals surface area contributed by atoms with Gasteiger partial charge >= 0.3 is 0 Å². The van der Waals surface area contributed by atoms with Gasteiger partial charge in [0.1, 0.15) is 11.9 Å². The van der Waals surface area contributed by atoms with Crippen molar-refractivity contribution in [1.82, 2.24) is 14.8 Å². The second-order valence-corrected chi connectivity index (χ2v) is 10.3. The van der Waals surface area contributed by atoms with Crippen molar-refractivity contribution < 1.29 is 23.8 Å². The highest BCUT2D eigenvalue weighted by molar-refractivity contribution is 6.31. The number of likely N-dealkylation sites (N-methyl/N-ethyl adjacent to an activating group) is 1. The Hall–Kier alpha value is -3.53. The summed E-state index contributed by atoms with van der Waals surface area (Å²) in [5.74, 6) is -0.916. The first-order valence-electron chi connectivity index (χ1n) is 12.7. The maximum atomic E-state index is 13.6. The van der Waals surface area contributed by atoms with E-state index in [1.807, 2.05) is 18.9 Å². The number of rotatable bonds is 8. The molecule has 0 radical (unpaired) electrons. The molecule has 39 heavy (non-hydrogen) atoms. The van der Waals surface area contributed by atoms with Crippen LogP contribution in [0.5, 0.6) is 5.75 Å². The molecule has 1 aliphatic heterocycles. The van der Waals surface area contributed by atoms with E-state index in [0.717, 1.165) is 5.56 Å². The van der Waals surface area contributed by atoms with Gasteiger partial charge in [0.05, 0.1) is 23.9 Å². The zero-order valence-electron chi connectivity index (χ0n) is 22.1. The lowest BCUT2D eigenvalue weighted by Gasteiger charge is -2.38. The van der Waals surface area contributed by atoms with Crippen molar-refractivity contribution in [2.75, 3.05) is 32.1 Å². The van der Waals surface area contributed by atoms with Crippen molar-refractivity contribution in [1.29, 1.82) is 0 Å². The third-order valence-corrected chi connectivity index (χ3v) is 7.18. The van der Waals surface area contributed by atoms with Gasteiger partial charge in [-0.1, -0.05) is 30.7 Å². The predicted molar refractivity (Wildman–Crippen MR) is 148 cm³/mol. The number of aliphatic hydroxyl groups excluding tert-OH is 1. The molecular formula is C29H32ClFN4O4. The molecular weight excluding hydrogens is 523 g/mol. The molecule has 2 N–H and O–H groups in total. The van der Waals surface area contributed by atoms with E-state index < -0.39 is 18.0 Å². The number of carbonyl (C=O) groups is 2. The summed E-state index contributed by atoms with van der Waals surface area (Å²) in [6, 6.07) is 12.1. The van der Waals surface area contributed by atoms with Crippen LogP contribution in [0.15, 0.2) is 60.9 Å². The van der Waals surface area contributed by atoms with Gasteiger partial charge in [0.2, 0.25) is 0 Å². The van der Waals surface area contributed by atoms with Crippen LogP contribution in [0.2, 0.25) is 5.02 Å². The number of amides is 2. The number of nitrogens with zero attached hydrogens (tertiary/aromatic N) is 3. The Kier molecular flexibility index (Phi) is 9.16. The largest absolute Gasteiger partial charge is 0.486 e. The number of ether oxygens (including phenoxy) is 1. The molecule has 2 amide bonds. The van der Waals surface area contributed by atoms with Crippen LogP contribution in [0.4, 0.5) is 10.1 Å². The average molecular weight is 555 g/mol. The van der Waals surface area contributed by atoms with Gasteiger partial charge in [-0.2, -0.15) is 0 Å². The molecule has 0 unspecified atom stereocenters. The fraction of sp³-hybridized carbons (Fsp3) is 0.345. The van der Waals surface area contributed by atoms with Crippen LogP contribution in [-0.4, -0.2) is 70.6 Å². The molecule has 3 atom stereocenters. The highest BCUT2D eigenvalue weighted by atomic mass is 35.5. The molecule has 2 aromatic carbocycles. The second kappa shape index (κ2) is 12.5. The molecule has 4 rings (SSSR count). The molecule has 8 nitrogen and oxygen atoms in total. The first-order chi connectivity index (χ1) is 18.7. The summed E-state index contributed by atoms with van der Waals surface area (Å²) in [7, 11) is 1.91. The van der Waals surface area contributed by atoms with E-state index in [9.17, 15) is 19.1 Å². The summed E-state index contributed by atoms with van der Waals surface area (Å²) in [5, 5.41) is 13.1. The van der Waals surface area contributed by atoms with Gasteiger partial charge in [-0.3, -0.25) is 19.5 Å². The molecule has 2 heterocycles. The molecule has 206 valence electrons. The number of pyridine rings is 1. The standard InChI is InChI=1S/C29H32ClFN4O4/c1-18-14-35(19(2)17-36)29(38)23-5-4-6-25(33-28(37)20-9-11-32-12-10-20)27(23)39-26(18)16-34(3)15-21-7-8-22(31)13-24(21)30/h4-13,18-19,26,36H,14-17H2,1-3H3,(H,33,37)/t18-,19-,26+/m0/s1. The average Bonchev–Trinajstić information content (AvgIpc) is 2.92. The number of para-hydroxylation sites is 1. The number of hydrogen-bond donors (Lipinski definition) is 2. The number of anilines is 1. The van der Waals surface area contributed by atoms with Crippen molar-refractivity contribution in [3.63, 3.8) is 0 Å². The van der Waals surface area contributed by atoms with Gasteiger partial charge in [0, 0.05) is 48.5 Å². The van der Waals surface area contributed by atoms with Gasteiger partial charge in [0.25, 0.3) is 11.8 Å². The number of aromatic nitrogens is 1. The number of fused-ring (bicyclic) bond motifs is 1. The van der Waals surface area contributed by atoms with Crippen molar-refractivity contribution in [2.45, 2.75) is 32.5 Å². The topological polar surface area (TPSA) is 95.0 Å². The Balaban J connectivity index is 1.67. The first kappa shape index (κ1) is 28.5. The van der Waals surface area contributed by atoms with E-state index >= 15 is 0 Å². The fourth-order valence-electron chi connectivity index (χ4n) is 4.57. The van der Waals surface area contributed by atoms with E-state index in [1.54, 1.807) is 48.2 Å². The van der Waals surface area contributed by atoms with Crippen molar-refractivity contribution in [3.05, 3.63) is 88.5 Å². The number of halogens is 2. The first-order valence-corrected chi connectivity index (χ1v) is 13.1. The summed E-state index contributed by atoms with van der Waals surface area (Å²) < 4.78 is 20.1. The minimum absolute atomic E-state index is 0.133. The third kappa shape index (κ3) is 6.73. The van der Waals surface area contributed by atoms with E-state index in [-0.39, 0.29) is 30.1 Å². The fourth-order valence-corrected chi connectivity index (χ4v) is 4.80. The summed E-state index contributed by atoms with van der Waals surface area (Å²) in [5.41, 5.74) is 1.85. The molecule has 0 saturated carbocycles. The molecule has 0 bridgehead atoms. The second-order valence-electron chi connectivity index (χ2n) is 9.93. The van der Waals surface area contributed by atoms with Crippen molar-refractivity contribution in [3.8, 4) is 5.75 Å². The number of aliphatic hydroxyl groups is 1. The Morgan fingerprint density at radius 3 is 2.72 bits per heavy atom. The van der Waals surface area contributed by atoms with Crippen LogP contribution in [-0.2, 0) is 6.54 Å². The van der Waals surface area contributed by atoms with Crippen LogP contribution >= 0.6 is 11.6 Å². The van der Waals surface area contributed by atoms with E-state index in [4.69, 9.17) is 16.3 Å². The Morgan fingerprint density at radius 2 is 2.03 bits per heavy atom. The molecule has 0 fully saturated rings. The van der Waals surface area contributed by atoms with Crippen LogP contribution in [0.25, 0.3) is 0 Å². The van der Waals surface area contributed by atoms with E-state index in [0.29, 0.717) is 41.5 Å². The molecule has 3 aromatic rings. The quantitative estimate of drug-likeness (QED) is 0.426. The molecule has 0 spiro atoms. The van der Waals surface area contributed by atoms with Crippen LogP contribution in [0, 0.1) is 11.7 Å². The maximum absolute atomic E-state index is 13.6. The SMILES string of the molecule is C[C@H]1CN([C@@H](C)CO)C(=O)c2cccc(NC(=O)c3ccncc3)c2O[C@@H]1CN(C)Cc1ccc(F)cc1Cl. The third-order valence-electron chi connectivity index (χ3n) is 6.83. The maximum Gasteiger partial charge on any atom is 0.258 e. The smallest absolute Gasteiger partial charge is 0.258 e. The lowest BCUT2D eigenvalue weighted by molar-refractivity contribution is 0.0343. The lowest BCUT2D eigenvalue weighted by Crippen LogP contribution is -2.49. The summed E-state index contributed by atoms with van der Waals surface area (Å²) in [6.07, 6.45) is 2.66. The molecule has 0 aliphatic carbocycles. The predicted octanol–water partition coefficient (Wildman–Crippen LogP) is 4.48. The minimum atomic E-state index is -0.419. The van der Waals surface area contributed by atoms with Crippen molar-refractivity contribution in [2.24, 2.45) is 5.92 Å². The van der Waals surface area contributed by atoms with Gasteiger partial charge in [-0.15, -0.1) is 0 Å². The highest BCUT2D eigenvalue weighted by Crippen LogP contribution is 2.35. The van der Waals surface area contributed by atoms with E-state index in [2.05, 4.69) is 10.3 Å². The Labute approximate surface area is 232 Å². The molecule has 10 heteroatoms. The van der Waals surface area contributed by atoms with Crippen LogP contribution in [0.1, 0.15) is 40.1 Å². The van der Waals surface area contributed by atoms with Gasteiger partial charge < -0.3 is 20.1 Å². The zero-order valence-corrected chi connectivity index (χ0v) is 22.9.